The van der Waals surface area contributed by atoms with E-state index in [1.165, 1.54) is 24.3 Å². The third-order valence-electron chi connectivity index (χ3n) is 6.60. The average molecular weight is 509 g/mol. The Labute approximate surface area is 218 Å². The second-order valence-corrected chi connectivity index (χ2v) is 9.09. The second kappa shape index (κ2) is 11.0. The minimum Gasteiger partial charge on any atom is -0.352 e. The number of nitrogens with one attached hydrogen (secondary N) is 1. The molecule has 3 aromatic carbocycles. The fourth-order valence-electron chi connectivity index (χ4n) is 4.66. The van der Waals surface area contributed by atoms with E-state index in [1.807, 2.05) is 42.6 Å². The van der Waals surface area contributed by atoms with Gasteiger partial charge in [-0.25, -0.2) is 4.39 Å². The molecule has 0 radical (unpaired) electrons. The van der Waals surface area contributed by atoms with Crippen LogP contribution < -0.4 is 5.32 Å². The second-order valence-electron chi connectivity index (χ2n) is 9.09. The molecule has 38 heavy (non-hydrogen) atoms. The number of carbonyl (C=O) groups excluding carboxylic acids is 1. The number of carbonyl (C=O) groups is 1. The van der Waals surface area contributed by atoms with Crippen molar-refractivity contribution in [2.24, 2.45) is 0 Å². The van der Waals surface area contributed by atoms with Crippen LogP contribution in [0.2, 0.25) is 0 Å². The maximum Gasteiger partial charge on any atom is 0.269 e. The molecule has 0 fully saturated rings. The van der Waals surface area contributed by atoms with Gasteiger partial charge in [0.25, 0.3) is 5.69 Å². The highest BCUT2D eigenvalue weighted by molar-refractivity contribution is 5.87. The summed E-state index contributed by atoms with van der Waals surface area (Å²) in [5, 5.41) is 15.2. The van der Waals surface area contributed by atoms with E-state index in [0.29, 0.717) is 13.1 Å². The van der Waals surface area contributed by atoms with Crippen LogP contribution in [0.1, 0.15) is 34.6 Å². The number of para-hydroxylation sites is 1. The predicted molar refractivity (Wildman–Crippen MR) is 143 cm³/mol. The van der Waals surface area contributed by atoms with Crippen molar-refractivity contribution < 1.29 is 14.1 Å². The van der Waals surface area contributed by atoms with Crippen LogP contribution in [0.25, 0.3) is 10.9 Å². The zero-order valence-corrected chi connectivity index (χ0v) is 20.5. The number of hydrogen-bond donors (Lipinski definition) is 1. The molecule has 0 aliphatic heterocycles. The van der Waals surface area contributed by atoms with Crippen molar-refractivity contribution in [3.05, 3.63) is 142 Å². The molecule has 190 valence electrons. The number of halogens is 1. The summed E-state index contributed by atoms with van der Waals surface area (Å²) >= 11 is 0. The van der Waals surface area contributed by atoms with Gasteiger partial charge in [-0.05, 0) is 52.6 Å². The minimum absolute atomic E-state index is 0.00613. The van der Waals surface area contributed by atoms with E-state index in [9.17, 15) is 19.3 Å². The lowest BCUT2D eigenvalue weighted by Gasteiger charge is -2.17. The van der Waals surface area contributed by atoms with Crippen molar-refractivity contribution in [2.75, 3.05) is 0 Å². The molecule has 2 heterocycles. The Kier molecular flexibility index (Phi) is 7.21. The lowest BCUT2D eigenvalue weighted by Crippen LogP contribution is -2.25. The summed E-state index contributed by atoms with van der Waals surface area (Å²) in [7, 11) is 0. The zero-order chi connectivity index (χ0) is 26.5. The quantitative estimate of drug-likeness (QED) is 0.196. The highest BCUT2D eigenvalue weighted by Gasteiger charge is 2.23. The van der Waals surface area contributed by atoms with Crippen LogP contribution in [0, 0.1) is 15.9 Å². The molecule has 0 unspecified atom stereocenters. The fourth-order valence-corrected chi connectivity index (χ4v) is 4.66. The zero-order valence-electron chi connectivity index (χ0n) is 20.5. The van der Waals surface area contributed by atoms with Gasteiger partial charge >= 0.3 is 0 Å². The van der Waals surface area contributed by atoms with Crippen molar-refractivity contribution in [2.45, 2.75) is 25.4 Å². The number of hydrogen-bond acceptors (Lipinski definition) is 4. The summed E-state index contributed by atoms with van der Waals surface area (Å²) in [4.78, 5) is 27.9. The number of nitrogens with zero attached hydrogens (tertiary/aromatic N) is 3. The number of rotatable bonds is 9. The van der Waals surface area contributed by atoms with E-state index in [2.05, 4.69) is 14.9 Å². The number of nitro groups is 1. The Morgan fingerprint density at radius 3 is 2.37 bits per heavy atom. The first-order valence-electron chi connectivity index (χ1n) is 12.2. The van der Waals surface area contributed by atoms with E-state index in [0.717, 1.165) is 33.2 Å². The molecule has 0 saturated heterocycles. The maximum absolute atomic E-state index is 13.5. The highest BCUT2D eigenvalue weighted by Crippen LogP contribution is 2.36. The summed E-state index contributed by atoms with van der Waals surface area (Å²) < 4.78 is 15.5. The molecule has 1 atom stereocenters. The predicted octanol–water partition coefficient (Wildman–Crippen LogP) is 5.97. The van der Waals surface area contributed by atoms with Gasteiger partial charge in [-0.15, -0.1) is 0 Å². The molecule has 5 aromatic rings. The van der Waals surface area contributed by atoms with Gasteiger partial charge in [-0.1, -0.05) is 42.5 Å². The maximum atomic E-state index is 13.5. The molecule has 1 N–H and O–H groups in total. The van der Waals surface area contributed by atoms with Crippen LogP contribution in [0.15, 0.2) is 104 Å². The van der Waals surface area contributed by atoms with Gasteiger partial charge in [0.1, 0.15) is 5.82 Å². The number of pyridine rings is 1. The van der Waals surface area contributed by atoms with Crippen molar-refractivity contribution in [3.8, 4) is 0 Å². The highest BCUT2D eigenvalue weighted by atomic mass is 19.1. The van der Waals surface area contributed by atoms with Gasteiger partial charge in [0.15, 0.2) is 0 Å². The van der Waals surface area contributed by atoms with Gasteiger partial charge in [-0.3, -0.25) is 19.9 Å². The smallest absolute Gasteiger partial charge is 0.269 e. The van der Waals surface area contributed by atoms with Crippen LogP contribution in [-0.2, 0) is 17.9 Å². The number of benzene rings is 3. The van der Waals surface area contributed by atoms with Gasteiger partial charge in [0, 0.05) is 67.1 Å². The Balaban J connectivity index is 1.50. The first-order chi connectivity index (χ1) is 18.5. The molecule has 1 amide bonds. The largest absolute Gasteiger partial charge is 0.352 e. The van der Waals surface area contributed by atoms with Crippen LogP contribution in [0.5, 0.6) is 0 Å². The number of aromatic nitrogens is 2. The lowest BCUT2D eigenvalue weighted by atomic mass is 9.88. The first-order valence-corrected chi connectivity index (χ1v) is 12.2. The normalized spacial score (nSPS) is 11.8. The minimum atomic E-state index is -0.436. The summed E-state index contributed by atoms with van der Waals surface area (Å²) in [6, 6.07) is 24.4. The molecule has 0 aliphatic rings. The van der Waals surface area contributed by atoms with E-state index in [-0.39, 0.29) is 29.8 Å². The molecule has 0 bridgehead atoms. The monoisotopic (exact) mass is 508 g/mol. The number of amides is 1. The van der Waals surface area contributed by atoms with Crippen molar-refractivity contribution in [3.63, 3.8) is 0 Å². The number of nitro benzene ring substituents is 1. The Hall–Kier alpha value is -4.85. The van der Waals surface area contributed by atoms with Crippen LogP contribution in [-0.4, -0.2) is 20.4 Å². The van der Waals surface area contributed by atoms with E-state index in [1.54, 1.807) is 36.7 Å². The third-order valence-corrected chi connectivity index (χ3v) is 6.60. The topological polar surface area (TPSA) is 90.1 Å². The standard InChI is InChI=1S/C30H25FN4O3/c31-24-9-5-22(6-10-24)19-34-20-28(26-3-1-2-4-29(26)34)27(23-7-11-25(12-8-23)35(37)38)17-30(36)33-18-21-13-15-32-16-14-21/h1-16,20,27H,17-19H2,(H,33,36)/t27-/m1/s1. The fraction of sp³-hybridized carbons (Fsp3) is 0.133. The van der Waals surface area contributed by atoms with Crippen LogP contribution in [0.4, 0.5) is 10.1 Å². The van der Waals surface area contributed by atoms with Gasteiger partial charge in [-0.2, -0.15) is 0 Å². The molecular formula is C30H25FN4O3. The molecule has 0 saturated carbocycles. The molecule has 0 spiro atoms. The van der Waals surface area contributed by atoms with Gasteiger partial charge < -0.3 is 9.88 Å². The number of non-ortho nitro benzene ring substituents is 1. The number of fused-ring (bicyclic) bond motifs is 1. The van der Waals surface area contributed by atoms with E-state index in [4.69, 9.17) is 0 Å². The van der Waals surface area contributed by atoms with Crippen molar-refractivity contribution >= 4 is 22.5 Å². The summed E-state index contributed by atoms with van der Waals surface area (Å²) in [5.74, 6) is -0.768. The third kappa shape index (κ3) is 5.59. The first kappa shape index (κ1) is 24.8. The summed E-state index contributed by atoms with van der Waals surface area (Å²) in [6.07, 6.45) is 5.54. The van der Waals surface area contributed by atoms with Crippen LogP contribution in [0.3, 0.4) is 0 Å². The Morgan fingerprint density at radius 2 is 1.66 bits per heavy atom. The summed E-state index contributed by atoms with van der Waals surface area (Å²) in [6.45, 7) is 0.905. The van der Waals surface area contributed by atoms with Crippen LogP contribution >= 0.6 is 0 Å². The average Bonchev–Trinajstić information content (AvgIpc) is 3.30. The molecule has 8 heteroatoms. The Bertz CT molecular complexity index is 1570. The molecule has 0 aliphatic carbocycles. The van der Waals surface area contributed by atoms with Gasteiger partial charge in [0.2, 0.25) is 5.91 Å². The SMILES string of the molecule is O=C(C[C@H](c1ccc([N+](=O)[O-])cc1)c1cn(Cc2ccc(F)cc2)c2ccccc12)NCc1ccncc1. The molecule has 7 nitrogen and oxygen atoms in total. The molecular weight excluding hydrogens is 483 g/mol. The van der Waals surface area contributed by atoms with Crippen molar-refractivity contribution in [1.82, 2.24) is 14.9 Å². The van der Waals surface area contributed by atoms with Crippen molar-refractivity contribution in [1.29, 1.82) is 0 Å². The van der Waals surface area contributed by atoms with E-state index < -0.39 is 4.92 Å². The molecule has 5 rings (SSSR count). The Morgan fingerprint density at radius 1 is 0.947 bits per heavy atom. The van der Waals surface area contributed by atoms with E-state index >= 15 is 0 Å². The summed E-state index contributed by atoms with van der Waals surface area (Å²) in [5.41, 5.74) is 4.61. The molecule has 2 aromatic heterocycles. The lowest BCUT2D eigenvalue weighted by molar-refractivity contribution is -0.384. The van der Waals surface area contributed by atoms with Gasteiger partial charge in [0.05, 0.1) is 4.92 Å².